The standard InChI is InChI=1S/C17H29NO2/c1-14-12-15(2)17(16(3)13-14)20-11-6-5-8-18-9-7-10-19-4/h12-13,18H,5-11H2,1-4H3. The number of methoxy groups -OCH3 is 1. The Hall–Kier alpha value is -1.06. The average Bonchev–Trinajstić information content (AvgIpc) is 2.39. The smallest absolute Gasteiger partial charge is 0.125 e. The van der Waals surface area contributed by atoms with Crippen molar-refractivity contribution in [1.82, 2.24) is 5.32 Å². The van der Waals surface area contributed by atoms with Crippen LogP contribution >= 0.6 is 0 Å². The van der Waals surface area contributed by atoms with E-state index < -0.39 is 0 Å². The highest BCUT2D eigenvalue weighted by molar-refractivity contribution is 5.42. The van der Waals surface area contributed by atoms with Crippen molar-refractivity contribution in [2.24, 2.45) is 0 Å². The third-order valence-corrected chi connectivity index (χ3v) is 3.30. The first kappa shape index (κ1) is 17.0. The second-order valence-electron chi connectivity index (χ2n) is 5.38. The Morgan fingerprint density at radius 3 is 2.20 bits per heavy atom. The molecule has 0 spiro atoms. The van der Waals surface area contributed by atoms with E-state index in [1.807, 2.05) is 0 Å². The Bertz CT molecular complexity index is 368. The van der Waals surface area contributed by atoms with Crippen LogP contribution in [0.15, 0.2) is 12.1 Å². The molecule has 0 fully saturated rings. The largest absolute Gasteiger partial charge is 0.493 e. The summed E-state index contributed by atoms with van der Waals surface area (Å²) in [4.78, 5) is 0. The minimum atomic E-state index is 0.796. The lowest BCUT2D eigenvalue weighted by atomic mass is 10.1. The summed E-state index contributed by atoms with van der Waals surface area (Å²) in [6, 6.07) is 4.36. The summed E-state index contributed by atoms with van der Waals surface area (Å²) in [7, 11) is 1.74. The van der Waals surface area contributed by atoms with Gasteiger partial charge >= 0.3 is 0 Å². The van der Waals surface area contributed by atoms with Gasteiger partial charge in [-0.2, -0.15) is 0 Å². The van der Waals surface area contributed by atoms with Gasteiger partial charge in [0.2, 0.25) is 0 Å². The zero-order chi connectivity index (χ0) is 14.8. The van der Waals surface area contributed by atoms with Crippen LogP contribution in [0.4, 0.5) is 0 Å². The molecule has 0 aromatic heterocycles. The average molecular weight is 279 g/mol. The van der Waals surface area contributed by atoms with Crippen molar-refractivity contribution >= 4 is 0 Å². The lowest BCUT2D eigenvalue weighted by molar-refractivity contribution is 0.194. The Labute approximate surface area is 123 Å². The normalized spacial score (nSPS) is 10.8. The Morgan fingerprint density at radius 1 is 0.900 bits per heavy atom. The van der Waals surface area contributed by atoms with Gasteiger partial charge in [-0.05, 0) is 64.3 Å². The van der Waals surface area contributed by atoms with Gasteiger partial charge in [0.25, 0.3) is 0 Å². The van der Waals surface area contributed by atoms with Gasteiger partial charge in [0, 0.05) is 13.7 Å². The summed E-state index contributed by atoms with van der Waals surface area (Å²) in [5, 5.41) is 3.41. The molecular weight excluding hydrogens is 250 g/mol. The molecule has 0 bridgehead atoms. The van der Waals surface area contributed by atoms with E-state index in [1.54, 1.807) is 7.11 Å². The fourth-order valence-corrected chi connectivity index (χ4v) is 2.39. The molecule has 0 heterocycles. The maximum absolute atomic E-state index is 5.92. The second kappa shape index (κ2) is 9.78. The first-order chi connectivity index (χ1) is 9.65. The van der Waals surface area contributed by atoms with Crippen molar-refractivity contribution in [1.29, 1.82) is 0 Å². The zero-order valence-corrected chi connectivity index (χ0v) is 13.4. The predicted molar refractivity (Wildman–Crippen MR) is 84.7 cm³/mol. The summed E-state index contributed by atoms with van der Waals surface area (Å²) in [6.45, 7) is 10.1. The topological polar surface area (TPSA) is 30.5 Å². The van der Waals surface area contributed by atoms with Crippen molar-refractivity contribution in [3.63, 3.8) is 0 Å². The molecule has 0 amide bonds. The number of ether oxygens (including phenoxy) is 2. The fraction of sp³-hybridized carbons (Fsp3) is 0.647. The van der Waals surface area contributed by atoms with E-state index in [4.69, 9.17) is 9.47 Å². The number of hydrogen-bond acceptors (Lipinski definition) is 3. The third-order valence-electron chi connectivity index (χ3n) is 3.30. The van der Waals surface area contributed by atoms with Crippen molar-refractivity contribution in [2.75, 3.05) is 33.4 Å². The number of hydrogen-bond donors (Lipinski definition) is 1. The summed E-state index contributed by atoms with van der Waals surface area (Å²) < 4.78 is 10.9. The van der Waals surface area contributed by atoms with Gasteiger partial charge in [-0.3, -0.25) is 0 Å². The summed E-state index contributed by atoms with van der Waals surface area (Å²) >= 11 is 0. The van der Waals surface area contributed by atoms with Crippen LogP contribution < -0.4 is 10.1 Å². The lowest BCUT2D eigenvalue weighted by Gasteiger charge is -2.13. The van der Waals surface area contributed by atoms with Crippen molar-refractivity contribution in [3.05, 3.63) is 28.8 Å². The molecule has 0 aliphatic carbocycles. The molecule has 0 radical (unpaired) electrons. The first-order valence-electron chi connectivity index (χ1n) is 7.55. The molecular formula is C17H29NO2. The molecule has 1 aromatic carbocycles. The SMILES string of the molecule is COCCCNCCCCOc1c(C)cc(C)cc1C. The van der Waals surface area contributed by atoms with E-state index >= 15 is 0 Å². The van der Waals surface area contributed by atoms with E-state index in [1.165, 1.54) is 16.7 Å². The van der Waals surface area contributed by atoms with Crippen molar-refractivity contribution in [2.45, 2.75) is 40.0 Å². The van der Waals surface area contributed by atoms with Gasteiger partial charge in [-0.25, -0.2) is 0 Å². The minimum Gasteiger partial charge on any atom is -0.493 e. The quantitative estimate of drug-likeness (QED) is 0.666. The first-order valence-corrected chi connectivity index (χ1v) is 7.55. The molecule has 1 rings (SSSR count). The van der Waals surface area contributed by atoms with Crippen LogP contribution in [-0.4, -0.2) is 33.4 Å². The fourth-order valence-electron chi connectivity index (χ4n) is 2.39. The Morgan fingerprint density at radius 2 is 1.55 bits per heavy atom. The molecule has 0 saturated carbocycles. The molecule has 1 aromatic rings. The van der Waals surface area contributed by atoms with Crippen LogP contribution in [-0.2, 0) is 4.74 Å². The van der Waals surface area contributed by atoms with Gasteiger partial charge in [0.1, 0.15) is 5.75 Å². The highest BCUT2D eigenvalue weighted by Crippen LogP contribution is 2.24. The molecule has 1 N–H and O–H groups in total. The number of rotatable bonds is 10. The molecule has 3 nitrogen and oxygen atoms in total. The van der Waals surface area contributed by atoms with Crippen molar-refractivity contribution < 1.29 is 9.47 Å². The van der Waals surface area contributed by atoms with Crippen LogP contribution in [0.2, 0.25) is 0 Å². The summed E-state index contributed by atoms with van der Waals surface area (Å²) in [5.41, 5.74) is 3.77. The van der Waals surface area contributed by atoms with Crippen LogP contribution in [0.3, 0.4) is 0 Å². The van der Waals surface area contributed by atoms with Gasteiger partial charge in [-0.15, -0.1) is 0 Å². The van der Waals surface area contributed by atoms with E-state index in [0.29, 0.717) is 0 Å². The lowest BCUT2D eigenvalue weighted by Crippen LogP contribution is -2.18. The Balaban J connectivity index is 2.13. The molecule has 0 unspecified atom stereocenters. The van der Waals surface area contributed by atoms with E-state index in [0.717, 1.165) is 51.3 Å². The molecule has 20 heavy (non-hydrogen) atoms. The maximum Gasteiger partial charge on any atom is 0.125 e. The molecule has 0 aliphatic rings. The monoisotopic (exact) mass is 279 g/mol. The summed E-state index contributed by atoms with van der Waals surface area (Å²) in [5.74, 6) is 1.06. The highest BCUT2D eigenvalue weighted by atomic mass is 16.5. The molecule has 0 saturated heterocycles. The van der Waals surface area contributed by atoms with Gasteiger partial charge in [-0.1, -0.05) is 17.7 Å². The minimum absolute atomic E-state index is 0.796. The van der Waals surface area contributed by atoms with E-state index in [9.17, 15) is 0 Å². The van der Waals surface area contributed by atoms with Crippen molar-refractivity contribution in [3.8, 4) is 5.75 Å². The van der Waals surface area contributed by atoms with Gasteiger partial charge in [0.05, 0.1) is 6.61 Å². The molecule has 3 heteroatoms. The molecule has 0 aliphatic heterocycles. The molecule has 0 atom stereocenters. The van der Waals surface area contributed by atoms with Crippen LogP contribution in [0.25, 0.3) is 0 Å². The third kappa shape index (κ3) is 6.40. The number of aryl methyl sites for hydroxylation is 3. The zero-order valence-electron chi connectivity index (χ0n) is 13.4. The van der Waals surface area contributed by atoms with Crippen LogP contribution in [0.5, 0.6) is 5.75 Å². The van der Waals surface area contributed by atoms with Crippen LogP contribution in [0.1, 0.15) is 36.0 Å². The highest BCUT2D eigenvalue weighted by Gasteiger charge is 2.04. The number of nitrogens with one attached hydrogen (secondary N) is 1. The van der Waals surface area contributed by atoms with Crippen LogP contribution in [0, 0.1) is 20.8 Å². The number of benzene rings is 1. The summed E-state index contributed by atoms with van der Waals surface area (Å²) in [6.07, 6.45) is 3.32. The Kier molecular flexibility index (Phi) is 8.31. The maximum atomic E-state index is 5.92. The van der Waals surface area contributed by atoms with Gasteiger partial charge in [0.15, 0.2) is 0 Å². The van der Waals surface area contributed by atoms with Gasteiger partial charge < -0.3 is 14.8 Å². The van der Waals surface area contributed by atoms with E-state index in [-0.39, 0.29) is 0 Å². The molecule has 114 valence electrons. The second-order valence-corrected chi connectivity index (χ2v) is 5.38. The number of unbranched alkanes of at least 4 members (excludes halogenated alkanes) is 1. The predicted octanol–water partition coefficient (Wildman–Crippen LogP) is 3.40. The van der Waals surface area contributed by atoms with E-state index in [2.05, 4.69) is 38.2 Å².